The summed E-state index contributed by atoms with van der Waals surface area (Å²) < 4.78 is 11.2. The number of nitrogens with zero attached hydrogens (tertiary/aromatic N) is 1. The minimum atomic E-state index is -0.350. The molecule has 0 radical (unpaired) electrons. The van der Waals surface area contributed by atoms with Crippen molar-refractivity contribution in [1.82, 2.24) is 4.98 Å². The van der Waals surface area contributed by atoms with Crippen LogP contribution in [0.5, 0.6) is 5.75 Å². The topological polar surface area (TPSA) is 48.4 Å². The molecule has 0 saturated carbocycles. The van der Waals surface area contributed by atoms with Crippen molar-refractivity contribution in [2.45, 2.75) is 6.61 Å². The Morgan fingerprint density at radius 2 is 2.21 bits per heavy atom. The largest absolute Gasteiger partial charge is 0.488 e. The predicted molar refractivity (Wildman–Crippen MR) is 79.1 cm³/mol. The van der Waals surface area contributed by atoms with Crippen molar-refractivity contribution >= 4 is 28.6 Å². The van der Waals surface area contributed by atoms with Gasteiger partial charge in [-0.2, -0.15) is 0 Å². The smallest absolute Gasteiger partial charge is 0.337 e. The van der Waals surface area contributed by atoms with Crippen LogP contribution in [0.2, 0.25) is 0 Å². The number of ether oxygens (including phenoxy) is 2. The van der Waals surface area contributed by atoms with Crippen molar-refractivity contribution in [3.63, 3.8) is 0 Å². The molecule has 0 saturated heterocycles. The van der Waals surface area contributed by atoms with E-state index in [-0.39, 0.29) is 5.97 Å². The van der Waals surface area contributed by atoms with Gasteiger partial charge in [0.25, 0.3) is 0 Å². The van der Waals surface area contributed by atoms with Crippen molar-refractivity contribution in [3.8, 4) is 5.75 Å². The fourth-order valence-electron chi connectivity index (χ4n) is 1.51. The molecule has 0 spiro atoms. The molecule has 0 bridgehead atoms. The predicted octanol–water partition coefficient (Wildman–Crippen LogP) is 3.05. The fourth-order valence-corrected chi connectivity index (χ4v) is 2.18. The summed E-state index contributed by atoms with van der Waals surface area (Å²) in [6.07, 6.45) is 3.48. The van der Waals surface area contributed by atoms with Crippen LogP contribution < -0.4 is 4.74 Å². The van der Waals surface area contributed by atoms with E-state index in [1.54, 1.807) is 30.6 Å². The molecule has 19 heavy (non-hydrogen) atoms. The summed E-state index contributed by atoms with van der Waals surface area (Å²) >= 11 is 2.13. The van der Waals surface area contributed by atoms with Crippen molar-refractivity contribution in [2.24, 2.45) is 0 Å². The maximum Gasteiger partial charge on any atom is 0.337 e. The second-order valence-electron chi connectivity index (χ2n) is 3.79. The number of halogens is 1. The number of carbonyl (C=O) groups excluding carboxylic acids is 1. The van der Waals surface area contributed by atoms with Gasteiger partial charge in [0.15, 0.2) is 0 Å². The summed E-state index contributed by atoms with van der Waals surface area (Å²) in [7, 11) is 1.36. The van der Waals surface area contributed by atoms with Gasteiger partial charge in [0.05, 0.1) is 16.2 Å². The quantitative estimate of drug-likeness (QED) is 0.614. The molecule has 0 fully saturated rings. The first-order valence-electron chi connectivity index (χ1n) is 5.60. The van der Waals surface area contributed by atoms with E-state index in [4.69, 9.17) is 4.74 Å². The van der Waals surface area contributed by atoms with Crippen LogP contribution in [0, 0.1) is 3.57 Å². The Morgan fingerprint density at radius 1 is 1.37 bits per heavy atom. The zero-order chi connectivity index (χ0) is 13.7. The second-order valence-corrected chi connectivity index (χ2v) is 4.95. The number of hydrogen-bond acceptors (Lipinski definition) is 4. The number of hydrogen-bond donors (Lipinski definition) is 0. The highest BCUT2D eigenvalue weighted by Crippen LogP contribution is 2.23. The number of benzene rings is 1. The normalized spacial score (nSPS) is 10.0. The van der Waals surface area contributed by atoms with E-state index in [1.807, 2.05) is 12.1 Å². The van der Waals surface area contributed by atoms with Crippen molar-refractivity contribution in [1.29, 1.82) is 0 Å². The Balaban J connectivity index is 2.07. The lowest BCUT2D eigenvalue weighted by Crippen LogP contribution is -2.03. The van der Waals surface area contributed by atoms with Crippen LogP contribution in [0.25, 0.3) is 0 Å². The Morgan fingerprint density at radius 3 is 2.84 bits per heavy atom. The highest BCUT2D eigenvalue weighted by molar-refractivity contribution is 14.1. The second kappa shape index (κ2) is 6.51. The molecule has 0 aliphatic rings. The van der Waals surface area contributed by atoms with E-state index in [9.17, 15) is 4.79 Å². The molecule has 5 heteroatoms. The van der Waals surface area contributed by atoms with Gasteiger partial charge in [0, 0.05) is 18.0 Å². The molecule has 1 aromatic carbocycles. The van der Waals surface area contributed by atoms with E-state index in [2.05, 4.69) is 32.3 Å². The number of aromatic nitrogens is 1. The van der Waals surface area contributed by atoms with Gasteiger partial charge >= 0.3 is 5.97 Å². The molecule has 0 aliphatic carbocycles. The van der Waals surface area contributed by atoms with Crippen LogP contribution in [0.3, 0.4) is 0 Å². The zero-order valence-electron chi connectivity index (χ0n) is 10.3. The third-order valence-corrected chi connectivity index (χ3v) is 3.31. The van der Waals surface area contributed by atoms with E-state index in [0.29, 0.717) is 12.2 Å². The maximum absolute atomic E-state index is 11.4. The van der Waals surface area contributed by atoms with Crippen LogP contribution in [0.1, 0.15) is 15.9 Å². The summed E-state index contributed by atoms with van der Waals surface area (Å²) in [4.78, 5) is 15.4. The van der Waals surface area contributed by atoms with E-state index in [0.717, 1.165) is 14.9 Å². The highest BCUT2D eigenvalue weighted by atomic mass is 127. The van der Waals surface area contributed by atoms with Gasteiger partial charge in [-0.3, -0.25) is 4.98 Å². The third kappa shape index (κ3) is 3.66. The molecule has 2 rings (SSSR count). The first-order chi connectivity index (χ1) is 9.20. The number of methoxy groups -OCH3 is 1. The molecule has 98 valence electrons. The zero-order valence-corrected chi connectivity index (χ0v) is 12.5. The van der Waals surface area contributed by atoms with Gasteiger partial charge < -0.3 is 9.47 Å². The first kappa shape index (κ1) is 13.8. The summed E-state index contributed by atoms with van der Waals surface area (Å²) in [6.45, 7) is 0.446. The summed E-state index contributed by atoms with van der Waals surface area (Å²) in [5.74, 6) is 0.383. The highest BCUT2D eigenvalue weighted by Gasteiger charge is 2.09. The Kier molecular flexibility index (Phi) is 4.73. The minimum absolute atomic E-state index is 0.350. The minimum Gasteiger partial charge on any atom is -0.488 e. The molecule has 2 aromatic rings. The molecule has 0 amide bonds. The average molecular weight is 369 g/mol. The van der Waals surface area contributed by atoms with E-state index in [1.165, 1.54) is 7.11 Å². The van der Waals surface area contributed by atoms with E-state index < -0.39 is 0 Å². The third-order valence-electron chi connectivity index (χ3n) is 2.47. The number of carbonyl (C=O) groups is 1. The molecular formula is C14H12INO3. The number of rotatable bonds is 4. The summed E-state index contributed by atoms with van der Waals surface area (Å²) in [5.41, 5.74) is 1.51. The average Bonchev–Trinajstić information content (AvgIpc) is 2.46. The Hall–Kier alpha value is -1.63. The lowest BCUT2D eigenvalue weighted by Gasteiger charge is -2.09. The Bertz CT molecular complexity index is 572. The SMILES string of the molecule is COC(=O)c1ccc(OCc2cccnc2)c(I)c1. The molecule has 1 aromatic heterocycles. The Labute approximate surface area is 124 Å². The van der Waals surface area contributed by atoms with Gasteiger partial charge in [-0.15, -0.1) is 0 Å². The van der Waals surface area contributed by atoms with Crippen LogP contribution in [0.15, 0.2) is 42.7 Å². The van der Waals surface area contributed by atoms with Gasteiger partial charge in [-0.05, 0) is 46.9 Å². The van der Waals surface area contributed by atoms with Crippen LogP contribution in [0.4, 0.5) is 0 Å². The molecule has 0 aliphatic heterocycles. The molecule has 4 nitrogen and oxygen atoms in total. The maximum atomic E-state index is 11.4. The van der Waals surface area contributed by atoms with Crippen molar-refractivity contribution < 1.29 is 14.3 Å². The first-order valence-corrected chi connectivity index (χ1v) is 6.68. The number of esters is 1. The lowest BCUT2D eigenvalue weighted by atomic mass is 10.2. The molecule has 0 unspecified atom stereocenters. The molecule has 1 heterocycles. The van der Waals surface area contributed by atoms with Crippen LogP contribution in [-0.2, 0) is 11.3 Å². The molecule has 0 N–H and O–H groups in total. The molecule has 0 atom stereocenters. The van der Waals surface area contributed by atoms with Gasteiger partial charge in [-0.25, -0.2) is 4.79 Å². The fraction of sp³-hybridized carbons (Fsp3) is 0.143. The summed E-state index contributed by atoms with van der Waals surface area (Å²) in [5, 5.41) is 0. The van der Waals surface area contributed by atoms with E-state index >= 15 is 0 Å². The summed E-state index contributed by atoms with van der Waals surface area (Å²) in [6, 6.07) is 9.01. The van der Waals surface area contributed by atoms with Crippen molar-refractivity contribution in [3.05, 3.63) is 57.4 Å². The molecular weight excluding hydrogens is 357 g/mol. The number of pyridine rings is 1. The van der Waals surface area contributed by atoms with Gasteiger partial charge in [0.1, 0.15) is 12.4 Å². The monoisotopic (exact) mass is 369 g/mol. The van der Waals surface area contributed by atoms with Crippen molar-refractivity contribution in [2.75, 3.05) is 7.11 Å². The van der Waals surface area contributed by atoms with Gasteiger partial charge in [0.2, 0.25) is 0 Å². The van der Waals surface area contributed by atoms with Crippen LogP contribution >= 0.6 is 22.6 Å². The van der Waals surface area contributed by atoms with Crippen LogP contribution in [-0.4, -0.2) is 18.1 Å². The van der Waals surface area contributed by atoms with Gasteiger partial charge in [-0.1, -0.05) is 6.07 Å². The standard InChI is InChI=1S/C14H12INO3/c1-18-14(17)11-4-5-13(12(15)7-11)19-9-10-3-2-6-16-8-10/h2-8H,9H2,1H3. The lowest BCUT2D eigenvalue weighted by molar-refractivity contribution is 0.0600.